The van der Waals surface area contributed by atoms with E-state index in [1.165, 1.54) is 45.9 Å². The van der Waals surface area contributed by atoms with Gasteiger partial charge in [-0.15, -0.1) is 0 Å². The summed E-state index contributed by atoms with van der Waals surface area (Å²) in [5, 5.41) is 3.39. The number of rotatable bonds is 10. The molecule has 0 radical (unpaired) electrons. The lowest BCUT2D eigenvalue weighted by molar-refractivity contribution is 0.0600. The quantitative estimate of drug-likeness (QED) is 0.511. The van der Waals surface area contributed by atoms with Crippen molar-refractivity contribution in [2.75, 3.05) is 26.8 Å². The Hall–Kier alpha value is -1.55. The molecule has 23 heavy (non-hydrogen) atoms. The molecule has 0 saturated heterocycles. The lowest BCUT2D eigenvalue weighted by Gasteiger charge is -2.04. The maximum atomic E-state index is 11.1. The molecule has 0 aliphatic heterocycles. The molecule has 132 valence electrons. The minimum Gasteiger partial charge on any atom is -0.494 e. The third kappa shape index (κ3) is 11.6. The molecule has 0 aliphatic carbocycles. The van der Waals surface area contributed by atoms with E-state index in [0.29, 0.717) is 12.2 Å². The fourth-order valence-corrected chi connectivity index (χ4v) is 1.75. The average molecular weight is 323 g/mol. The van der Waals surface area contributed by atoms with E-state index in [9.17, 15) is 4.79 Å². The minimum atomic E-state index is -0.327. The number of nitrogens with one attached hydrogen (secondary N) is 1. The van der Waals surface area contributed by atoms with Gasteiger partial charge in [0.1, 0.15) is 5.75 Å². The first-order valence-electron chi connectivity index (χ1n) is 8.71. The van der Waals surface area contributed by atoms with Crippen molar-refractivity contribution in [1.29, 1.82) is 0 Å². The van der Waals surface area contributed by atoms with Gasteiger partial charge in [-0.1, -0.05) is 33.6 Å². The molecule has 4 heteroatoms. The lowest BCUT2D eigenvalue weighted by atomic mass is 10.2. The average Bonchev–Trinajstić information content (AvgIpc) is 2.60. The summed E-state index contributed by atoms with van der Waals surface area (Å²) in [5.74, 6) is 0.451. The number of unbranched alkanes of at least 4 members (excludes halogenated alkanes) is 2. The van der Waals surface area contributed by atoms with Crippen LogP contribution in [0, 0.1) is 0 Å². The number of hydrogen-bond acceptors (Lipinski definition) is 4. The second-order valence-corrected chi connectivity index (χ2v) is 5.32. The Kier molecular flexibility index (Phi) is 14.3. The molecule has 0 fully saturated rings. The number of ether oxygens (including phenoxy) is 2. The molecule has 0 amide bonds. The molecule has 0 spiro atoms. The number of hydrogen-bond donors (Lipinski definition) is 1. The fraction of sp³-hybridized carbons (Fsp3) is 0.632. The molecule has 4 nitrogen and oxygen atoms in total. The van der Waals surface area contributed by atoms with Crippen molar-refractivity contribution in [3.63, 3.8) is 0 Å². The lowest BCUT2D eigenvalue weighted by Crippen LogP contribution is -2.15. The molecule has 0 unspecified atom stereocenters. The summed E-state index contributed by atoms with van der Waals surface area (Å²) >= 11 is 0. The molecule has 1 N–H and O–H groups in total. The van der Waals surface area contributed by atoms with Crippen LogP contribution < -0.4 is 10.1 Å². The standard InChI is InChI=1S/C11H14O3.C8H19N/c1-3-8-14-10-6-4-9(5-7-10)11(12)13-2;1-3-5-7-9-8-6-4-2/h4-7H,3,8H2,1-2H3;9H,3-8H2,1-2H3. The van der Waals surface area contributed by atoms with E-state index >= 15 is 0 Å². The highest BCUT2D eigenvalue weighted by Gasteiger charge is 2.03. The zero-order chi connectivity index (χ0) is 17.3. The first-order valence-corrected chi connectivity index (χ1v) is 8.71. The van der Waals surface area contributed by atoms with Crippen LogP contribution in [0.15, 0.2) is 24.3 Å². The molecule has 1 aromatic rings. The van der Waals surface area contributed by atoms with Gasteiger partial charge in [0.2, 0.25) is 0 Å². The van der Waals surface area contributed by atoms with Crippen LogP contribution in [0.4, 0.5) is 0 Å². The molecule has 0 aliphatic rings. The summed E-state index contributed by atoms with van der Waals surface area (Å²) in [5.41, 5.74) is 0.538. The number of carbonyl (C=O) groups is 1. The third-order valence-corrected chi connectivity index (χ3v) is 3.16. The van der Waals surface area contributed by atoms with Crippen LogP contribution in [0.3, 0.4) is 0 Å². The molecule has 0 bridgehead atoms. The monoisotopic (exact) mass is 323 g/mol. The van der Waals surface area contributed by atoms with Gasteiger partial charge in [0.05, 0.1) is 19.3 Å². The van der Waals surface area contributed by atoms with Gasteiger partial charge in [-0.05, 0) is 56.6 Å². The zero-order valence-electron chi connectivity index (χ0n) is 15.2. The van der Waals surface area contributed by atoms with Gasteiger partial charge in [0.25, 0.3) is 0 Å². The molecule has 0 heterocycles. The van der Waals surface area contributed by atoms with Crippen molar-refractivity contribution in [2.45, 2.75) is 52.9 Å². The Labute approximate surface area is 141 Å². The van der Waals surface area contributed by atoms with Crippen LogP contribution in [-0.2, 0) is 4.74 Å². The Bertz CT molecular complexity index is 384. The molecule has 0 saturated carbocycles. The summed E-state index contributed by atoms with van der Waals surface area (Å²) < 4.78 is 9.95. The van der Waals surface area contributed by atoms with E-state index in [2.05, 4.69) is 23.9 Å². The molecule has 0 aromatic heterocycles. The third-order valence-electron chi connectivity index (χ3n) is 3.16. The van der Waals surface area contributed by atoms with Crippen molar-refractivity contribution in [3.05, 3.63) is 29.8 Å². The van der Waals surface area contributed by atoms with E-state index in [0.717, 1.165) is 12.2 Å². The van der Waals surface area contributed by atoms with E-state index in [-0.39, 0.29) is 5.97 Å². The van der Waals surface area contributed by atoms with Crippen LogP contribution in [0.2, 0.25) is 0 Å². The summed E-state index contributed by atoms with van der Waals surface area (Å²) in [6.07, 6.45) is 6.23. The highest BCUT2D eigenvalue weighted by molar-refractivity contribution is 5.89. The van der Waals surface area contributed by atoms with E-state index in [1.807, 2.05) is 6.92 Å². The van der Waals surface area contributed by atoms with Crippen molar-refractivity contribution in [2.24, 2.45) is 0 Å². The summed E-state index contributed by atoms with van der Waals surface area (Å²) in [6.45, 7) is 9.59. The van der Waals surface area contributed by atoms with Crippen LogP contribution in [0.1, 0.15) is 63.2 Å². The Morgan fingerprint density at radius 3 is 1.96 bits per heavy atom. The van der Waals surface area contributed by atoms with Crippen molar-refractivity contribution in [1.82, 2.24) is 5.32 Å². The van der Waals surface area contributed by atoms with E-state index in [4.69, 9.17) is 4.74 Å². The Balaban J connectivity index is 0.000000468. The normalized spacial score (nSPS) is 9.74. The summed E-state index contributed by atoms with van der Waals surface area (Å²) in [7, 11) is 1.36. The van der Waals surface area contributed by atoms with Gasteiger partial charge in [-0.25, -0.2) is 4.79 Å². The highest BCUT2D eigenvalue weighted by Crippen LogP contribution is 2.12. The van der Waals surface area contributed by atoms with Crippen molar-refractivity contribution < 1.29 is 14.3 Å². The predicted molar refractivity (Wildman–Crippen MR) is 96.3 cm³/mol. The van der Waals surface area contributed by atoms with Crippen molar-refractivity contribution in [3.8, 4) is 5.75 Å². The number of esters is 1. The molecular formula is C19H33NO3. The SMILES string of the molecule is CCCCNCCCC.CCCOc1ccc(C(=O)OC)cc1. The smallest absolute Gasteiger partial charge is 0.337 e. The van der Waals surface area contributed by atoms with Crippen LogP contribution in [0.25, 0.3) is 0 Å². The predicted octanol–water partition coefficient (Wildman–Crippen LogP) is 4.44. The topological polar surface area (TPSA) is 47.6 Å². The van der Waals surface area contributed by atoms with Crippen LogP contribution in [-0.4, -0.2) is 32.8 Å². The number of benzene rings is 1. The maximum absolute atomic E-state index is 11.1. The van der Waals surface area contributed by atoms with E-state index in [1.54, 1.807) is 24.3 Å². The molecule has 1 aromatic carbocycles. The molecule has 1 rings (SSSR count). The van der Waals surface area contributed by atoms with Gasteiger partial charge in [0, 0.05) is 0 Å². The largest absolute Gasteiger partial charge is 0.494 e. The maximum Gasteiger partial charge on any atom is 0.337 e. The number of methoxy groups -OCH3 is 1. The van der Waals surface area contributed by atoms with Gasteiger partial charge >= 0.3 is 5.97 Å². The number of carbonyl (C=O) groups excluding carboxylic acids is 1. The fourth-order valence-electron chi connectivity index (χ4n) is 1.75. The Morgan fingerprint density at radius 2 is 1.52 bits per heavy atom. The first kappa shape index (κ1) is 21.4. The zero-order valence-corrected chi connectivity index (χ0v) is 15.2. The van der Waals surface area contributed by atoms with Gasteiger partial charge in [0.15, 0.2) is 0 Å². The summed E-state index contributed by atoms with van der Waals surface area (Å²) in [6, 6.07) is 6.91. The highest BCUT2D eigenvalue weighted by atomic mass is 16.5. The summed E-state index contributed by atoms with van der Waals surface area (Å²) in [4.78, 5) is 11.1. The Morgan fingerprint density at radius 1 is 0.957 bits per heavy atom. The first-order chi connectivity index (χ1) is 11.2. The van der Waals surface area contributed by atoms with Crippen LogP contribution in [0.5, 0.6) is 5.75 Å². The van der Waals surface area contributed by atoms with Crippen molar-refractivity contribution >= 4 is 5.97 Å². The van der Waals surface area contributed by atoms with E-state index < -0.39 is 0 Å². The minimum absolute atomic E-state index is 0.327. The second-order valence-electron chi connectivity index (χ2n) is 5.32. The van der Waals surface area contributed by atoms with Gasteiger partial charge < -0.3 is 14.8 Å². The second kappa shape index (κ2) is 15.3. The van der Waals surface area contributed by atoms with Gasteiger partial charge in [-0.2, -0.15) is 0 Å². The van der Waals surface area contributed by atoms with Gasteiger partial charge in [-0.3, -0.25) is 0 Å². The molecule has 0 atom stereocenters. The van der Waals surface area contributed by atoms with Crippen LogP contribution >= 0.6 is 0 Å². The molecular weight excluding hydrogens is 290 g/mol.